The van der Waals surface area contributed by atoms with Crippen LogP contribution >= 0.6 is 11.6 Å². The van der Waals surface area contributed by atoms with Crippen LogP contribution in [0.1, 0.15) is 5.76 Å². The molecule has 5 rings (SSSR count). The summed E-state index contributed by atoms with van der Waals surface area (Å²) in [5.41, 5.74) is 2.72. The minimum absolute atomic E-state index is 0.208. The molecule has 0 radical (unpaired) electrons. The van der Waals surface area contributed by atoms with E-state index in [0.29, 0.717) is 27.6 Å². The molecule has 3 aromatic heterocycles. The summed E-state index contributed by atoms with van der Waals surface area (Å²) in [6.45, 7) is 0.208. The Morgan fingerprint density at radius 3 is 2.74 bits per heavy atom. The number of para-hydroxylation sites is 1. The molecule has 3 heterocycles. The highest BCUT2D eigenvalue weighted by Gasteiger charge is 2.14. The number of hydrogen-bond acceptors (Lipinski definition) is 5. The van der Waals surface area contributed by atoms with Crippen LogP contribution < -0.4 is 5.56 Å². The van der Waals surface area contributed by atoms with Crippen molar-refractivity contribution in [2.75, 3.05) is 0 Å². The van der Waals surface area contributed by atoms with Crippen LogP contribution in [-0.4, -0.2) is 14.7 Å². The van der Waals surface area contributed by atoms with Gasteiger partial charge in [-0.3, -0.25) is 9.36 Å². The molecule has 0 fully saturated rings. The van der Waals surface area contributed by atoms with Gasteiger partial charge in [-0.15, -0.1) is 0 Å². The van der Waals surface area contributed by atoms with Gasteiger partial charge in [-0.05, 0) is 24.3 Å². The minimum atomic E-state index is -0.263. The summed E-state index contributed by atoms with van der Waals surface area (Å²) in [5, 5.41) is 5.53. The van der Waals surface area contributed by atoms with Gasteiger partial charge in [0.15, 0.2) is 5.76 Å². The van der Waals surface area contributed by atoms with E-state index in [1.807, 2.05) is 36.4 Å². The maximum absolute atomic E-state index is 12.8. The van der Waals surface area contributed by atoms with Crippen molar-refractivity contribution in [3.8, 4) is 11.3 Å². The fourth-order valence-electron chi connectivity index (χ4n) is 3.04. The number of benzene rings is 2. The van der Waals surface area contributed by atoms with Crippen molar-refractivity contribution in [1.29, 1.82) is 0 Å². The number of halogens is 1. The lowest BCUT2D eigenvalue weighted by atomic mass is 10.1. The van der Waals surface area contributed by atoms with Crippen molar-refractivity contribution >= 4 is 33.7 Å². The van der Waals surface area contributed by atoms with Crippen molar-refractivity contribution in [2.24, 2.45) is 0 Å². The largest absolute Gasteiger partial charge is 0.448 e. The van der Waals surface area contributed by atoms with Crippen molar-refractivity contribution in [2.45, 2.75) is 6.54 Å². The van der Waals surface area contributed by atoms with Gasteiger partial charge in [0.1, 0.15) is 16.8 Å². The first-order valence-corrected chi connectivity index (χ1v) is 8.65. The number of furan rings is 1. The number of nitrogens with zero attached hydrogens (tertiary/aromatic N) is 3. The summed E-state index contributed by atoms with van der Waals surface area (Å²) in [6, 6.07) is 16.5. The monoisotopic (exact) mass is 377 g/mol. The quantitative estimate of drug-likeness (QED) is 0.463. The summed E-state index contributed by atoms with van der Waals surface area (Å²) in [6.07, 6.45) is 1.50. The molecule has 2 aromatic carbocycles. The maximum atomic E-state index is 12.8. The zero-order valence-electron chi connectivity index (χ0n) is 13.9. The Labute approximate surface area is 157 Å². The second kappa shape index (κ2) is 6.10. The van der Waals surface area contributed by atoms with Gasteiger partial charge < -0.3 is 8.94 Å². The smallest absolute Gasteiger partial charge is 0.297 e. The number of fused-ring (bicyclic) bond motifs is 3. The first kappa shape index (κ1) is 15.8. The molecule has 6 nitrogen and oxygen atoms in total. The Morgan fingerprint density at radius 2 is 1.89 bits per heavy atom. The SMILES string of the molecule is O=c1c2oc3ccccc3c2ncn1Cc1cc(-c2ccc(Cl)cc2)no1. The van der Waals surface area contributed by atoms with Crippen LogP contribution in [0.3, 0.4) is 0 Å². The topological polar surface area (TPSA) is 74.1 Å². The Morgan fingerprint density at radius 1 is 1.07 bits per heavy atom. The molecule has 0 aliphatic carbocycles. The first-order chi connectivity index (χ1) is 13.2. The standard InChI is InChI=1S/C20H12ClN3O3/c21-13-7-5-12(6-8-13)16-9-14(27-23-16)10-24-11-22-18-15-3-1-2-4-17(15)26-19(18)20(24)25/h1-9,11H,10H2. The van der Waals surface area contributed by atoms with Gasteiger partial charge in [-0.2, -0.15) is 0 Å². The number of hydrogen-bond donors (Lipinski definition) is 0. The third kappa shape index (κ3) is 2.71. The normalized spacial score (nSPS) is 11.4. The fourth-order valence-corrected chi connectivity index (χ4v) is 3.17. The van der Waals surface area contributed by atoms with Gasteiger partial charge in [-0.1, -0.05) is 41.0 Å². The lowest BCUT2D eigenvalue weighted by Gasteiger charge is -2.00. The zero-order valence-corrected chi connectivity index (χ0v) is 14.7. The molecule has 0 bridgehead atoms. The molecule has 27 heavy (non-hydrogen) atoms. The predicted octanol–water partition coefficient (Wildman–Crippen LogP) is 4.50. The van der Waals surface area contributed by atoms with Crippen LogP contribution in [0.25, 0.3) is 33.3 Å². The van der Waals surface area contributed by atoms with E-state index in [0.717, 1.165) is 10.9 Å². The molecule has 0 atom stereocenters. The van der Waals surface area contributed by atoms with Crippen LogP contribution in [0.4, 0.5) is 0 Å². The molecular formula is C20H12ClN3O3. The average Bonchev–Trinajstić information content (AvgIpc) is 3.30. The van der Waals surface area contributed by atoms with E-state index < -0.39 is 0 Å². The number of aromatic nitrogens is 3. The zero-order chi connectivity index (χ0) is 18.4. The highest BCUT2D eigenvalue weighted by molar-refractivity contribution is 6.30. The molecule has 0 aliphatic heterocycles. The van der Waals surface area contributed by atoms with Crippen LogP contribution in [0.2, 0.25) is 5.02 Å². The average molecular weight is 378 g/mol. The Hall–Kier alpha value is -3.38. The Kier molecular flexibility index (Phi) is 3.58. The second-order valence-electron chi connectivity index (χ2n) is 6.14. The van der Waals surface area contributed by atoms with Crippen molar-refractivity contribution in [3.05, 3.63) is 82.1 Å². The van der Waals surface area contributed by atoms with E-state index in [1.165, 1.54) is 10.9 Å². The second-order valence-corrected chi connectivity index (χ2v) is 6.58. The van der Waals surface area contributed by atoms with E-state index in [2.05, 4.69) is 10.1 Å². The molecule has 5 aromatic rings. The molecule has 0 aliphatic rings. The van der Waals surface area contributed by atoms with Gasteiger partial charge in [-0.25, -0.2) is 4.98 Å². The summed E-state index contributed by atoms with van der Waals surface area (Å²) in [4.78, 5) is 17.2. The van der Waals surface area contributed by atoms with E-state index in [4.69, 9.17) is 20.5 Å². The molecule has 0 saturated heterocycles. The summed E-state index contributed by atoms with van der Waals surface area (Å²) in [7, 11) is 0. The lowest BCUT2D eigenvalue weighted by molar-refractivity contribution is 0.376. The van der Waals surface area contributed by atoms with Gasteiger partial charge in [0.2, 0.25) is 5.58 Å². The Bertz CT molecular complexity index is 1330. The predicted molar refractivity (Wildman–Crippen MR) is 102 cm³/mol. The highest BCUT2D eigenvalue weighted by Crippen LogP contribution is 2.25. The third-order valence-electron chi connectivity index (χ3n) is 4.38. The molecule has 0 unspecified atom stereocenters. The van der Waals surface area contributed by atoms with Crippen molar-refractivity contribution in [1.82, 2.24) is 14.7 Å². The molecule has 0 spiro atoms. The summed E-state index contributed by atoms with van der Waals surface area (Å²) < 4.78 is 12.5. The summed E-state index contributed by atoms with van der Waals surface area (Å²) >= 11 is 5.91. The highest BCUT2D eigenvalue weighted by atomic mass is 35.5. The fraction of sp³-hybridized carbons (Fsp3) is 0.0500. The first-order valence-electron chi connectivity index (χ1n) is 8.27. The maximum Gasteiger partial charge on any atom is 0.297 e. The van der Waals surface area contributed by atoms with Gasteiger partial charge in [0.05, 0.1) is 12.9 Å². The van der Waals surface area contributed by atoms with Crippen LogP contribution in [0.5, 0.6) is 0 Å². The van der Waals surface area contributed by atoms with Crippen molar-refractivity contribution < 1.29 is 8.94 Å². The number of rotatable bonds is 3. The molecule has 7 heteroatoms. The van der Waals surface area contributed by atoms with Crippen molar-refractivity contribution in [3.63, 3.8) is 0 Å². The molecule has 0 N–H and O–H groups in total. The van der Waals surface area contributed by atoms with Crippen LogP contribution in [-0.2, 0) is 6.54 Å². The molecular weight excluding hydrogens is 366 g/mol. The molecule has 0 amide bonds. The Balaban J connectivity index is 1.51. The third-order valence-corrected chi connectivity index (χ3v) is 4.63. The lowest BCUT2D eigenvalue weighted by Crippen LogP contribution is -2.20. The van der Waals surface area contributed by atoms with Gasteiger partial charge in [0, 0.05) is 22.0 Å². The van der Waals surface area contributed by atoms with E-state index in [1.54, 1.807) is 18.2 Å². The molecule has 0 saturated carbocycles. The van der Waals surface area contributed by atoms with E-state index in [-0.39, 0.29) is 17.7 Å². The van der Waals surface area contributed by atoms with Gasteiger partial charge >= 0.3 is 0 Å². The minimum Gasteiger partial charge on any atom is -0.448 e. The van der Waals surface area contributed by atoms with Gasteiger partial charge in [0.25, 0.3) is 5.56 Å². The molecule has 132 valence electrons. The van der Waals surface area contributed by atoms with E-state index in [9.17, 15) is 4.79 Å². The van der Waals surface area contributed by atoms with Crippen LogP contribution in [0.15, 0.2) is 74.7 Å². The van der Waals surface area contributed by atoms with Crippen LogP contribution in [0, 0.1) is 0 Å². The van der Waals surface area contributed by atoms with E-state index >= 15 is 0 Å². The summed E-state index contributed by atoms with van der Waals surface area (Å²) in [5.74, 6) is 0.541.